The van der Waals surface area contributed by atoms with Gasteiger partial charge in [0, 0.05) is 12.1 Å². The van der Waals surface area contributed by atoms with Crippen molar-refractivity contribution in [3.8, 4) is 0 Å². The summed E-state index contributed by atoms with van der Waals surface area (Å²) in [6.45, 7) is 0.276. The Labute approximate surface area is 184 Å². The van der Waals surface area contributed by atoms with Crippen LogP contribution in [0.25, 0.3) is 0 Å². The van der Waals surface area contributed by atoms with Gasteiger partial charge in [-0.3, -0.25) is 9.59 Å². The first kappa shape index (κ1) is 23.1. The zero-order valence-corrected chi connectivity index (χ0v) is 17.2. The average Bonchev–Trinajstić information content (AvgIpc) is 2.79. The molecule has 3 aromatic rings. The molecule has 0 aliphatic carbocycles. The molecule has 0 fully saturated rings. The summed E-state index contributed by atoms with van der Waals surface area (Å²) in [7, 11) is 0. The van der Waals surface area contributed by atoms with E-state index in [1.807, 2.05) is 36.4 Å². The van der Waals surface area contributed by atoms with Crippen molar-refractivity contribution in [1.82, 2.24) is 10.6 Å². The van der Waals surface area contributed by atoms with Gasteiger partial charge in [0.2, 0.25) is 5.91 Å². The molecule has 2 amide bonds. The molecule has 0 heterocycles. The second kappa shape index (κ2) is 10.6. The van der Waals surface area contributed by atoms with Gasteiger partial charge in [-0.15, -0.1) is 0 Å². The number of hydrogen-bond acceptors (Lipinski definition) is 2. The molecule has 0 spiro atoms. The van der Waals surface area contributed by atoms with Gasteiger partial charge in [-0.2, -0.15) is 13.2 Å². The summed E-state index contributed by atoms with van der Waals surface area (Å²) in [4.78, 5) is 25.1. The molecule has 4 nitrogen and oxygen atoms in total. The van der Waals surface area contributed by atoms with E-state index < -0.39 is 17.8 Å². The van der Waals surface area contributed by atoms with E-state index in [0.717, 1.165) is 17.7 Å². The molecule has 7 heteroatoms. The first-order chi connectivity index (χ1) is 15.3. The fraction of sp³-hybridized carbons (Fsp3) is 0.200. The molecule has 0 aromatic heterocycles. The molecule has 0 saturated heterocycles. The van der Waals surface area contributed by atoms with Gasteiger partial charge in [0.25, 0.3) is 5.91 Å². The predicted octanol–water partition coefficient (Wildman–Crippen LogP) is 4.93. The molecular formula is C25H23F3N2O2. The van der Waals surface area contributed by atoms with Crippen LogP contribution in [0, 0.1) is 0 Å². The summed E-state index contributed by atoms with van der Waals surface area (Å²) in [6, 6.07) is 22.3. The van der Waals surface area contributed by atoms with E-state index in [-0.39, 0.29) is 24.8 Å². The number of rotatable bonds is 8. The molecule has 0 bridgehead atoms. The van der Waals surface area contributed by atoms with Crippen LogP contribution in [-0.2, 0) is 17.4 Å². The molecule has 0 aliphatic heterocycles. The Bertz CT molecular complexity index is 1020. The van der Waals surface area contributed by atoms with Crippen molar-refractivity contribution in [3.63, 3.8) is 0 Å². The third-order valence-corrected chi connectivity index (χ3v) is 4.95. The number of nitrogens with one attached hydrogen (secondary N) is 2. The normalized spacial score (nSPS) is 12.1. The Hall–Kier alpha value is -3.61. The molecule has 1 atom stereocenters. The largest absolute Gasteiger partial charge is 0.416 e. The Morgan fingerprint density at radius 2 is 1.41 bits per heavy atom. The molecule has 32 heavy (non-hydrogen) atoms. The molecule has 0 radical (unpaired) electrons. The molecule has 166 valence electrons. The quantitative estimate of drug-likeness (QED) is 0.522. The summed E-state index contributed by atoms with van der Waals surface area (Å²) in [5.74, 6) is -0.545. The maximum atomic E-state index is 12.7. The Morgan fingerprint density at radius 3 is 2.00 bits per heavy atom. The molecule has 3 rings (SSSR count). The van der Waals surface area contributed by atoms with Gasteiger partial charge in [-0.05, 0) is 41.8 Å². The zero-order chi connectivity index (χ0) is 23.0. The Balaban J connectivity index is 1.57. The van der Waals surface area contributed by atoms with Crippen LogP contribution in [0.1, 0.15) is 39.5 Å². The van der Waals surface area contributed by atoms with E-state index in [1.54, 1.807) is 24.3 Å². The number of benzene rings is 3. The SMILES string of the molecule is O=C(C[C@@H](NC(=O)c1ccccc1)c1ccccc1)NCCc1ccc(C(F)(F)F)cc1. The Kier molecular flexibility index (Phi) is 7.65. The zero-order valence-electron chi connectivity index (χ0n) is 17.2. The monoisotopic (exact) mass is 440 g/mol. The average molecular weight is 440 g/mol. The fourth-order valence-corrected chi connectivity index (χ4v) is 3.23. The maximum Gasteiger partial charge on any atom is 0.416 e. The molecule has 0 aliphatic rings. The fourth-order valence-electron chi connectivity index (χ4n) is 3.23. The maximum absolute atomic E-state index is 12.7. The molecule has 2 N–H and O–H groups in total. The summed E-state index contributed by atoms with van der Waals surface area (Å²) >= 11 is 0. The lowest BCUT2D eigenvalue weighted by atomic mass is 10.0. The number of carbonyl (C=O) groups excluding carboxylic acids is 2. The van der Waals surface area contributed by atoms with Crippen molar-refractivity contribution in [2.45, 2.75) is 25.1 Å². The molecular weight excluding hydrogens is 417 g/mol. The molecule has 0 unspecified atom stereocenters. The van der Waals surface area contributed by atoms with Crippen LogP contribution in [0.2, 0.25) is 0 Å². The summed E-state index contributed by atoms with van der Waals surface area (Å²) in [5.41, 5.74) is 1.28. The highest BCUT2D eigenvalue weighted by molar-refractivity contribution is 5.94. The van der Waals surface area contributed by atoms with E-state index >= 15 is 0 Å². The second-order valence-corrected chi connectivity index (χ2v) is 7.30. The minimum Gasteiger partial charge on any atom is -0.356 e. The third kappa shape index (κ3) is 6.70. The summed E-state index contributed by atoms with van der Waals surface area (Å²) in [5, 5.41) is 5.68. The van der Waals surface area contributed by atoms with Gasteiger partial charge in [0.05, 0.1) is 18.0 Å². The number of alkyl halides is 3. The van der Waals surface area contributed by atoms with E-state index in [4.69, 9.17) is 0 Å². The van der Waals surface area contributed by atoms with Gasteiger partial charge in [-0.1, -0.05) is 60.7 Å². The van der Waals surface area contributed by atoms with Crippen molar-refractivity contribution < 1.29 is 22.8 Å². The van der Waals surface area contributed by atoms with Crippen LogP contribution in [0.15, 0.2) is 84.9 Å². The van der Waals surface area contributed by atoms with E-state index in [0.29, 0.717) is 17.5 Å². The predicted molar refractivity (Wildman–Crippen MR) is 116 cm³/mol. The Morgan fingerprint density at radius 1 is 0.812 bits per heavy atom. The number of carbonyl (C=O) groups is 2. The first-order valence-corrected chi connectivity index (χ1v) is 10.2. The number of hydrogen-bond donors (Lipinski definition) is 2. The van der Waals surface area contributed by atoms with Crippen LogP contribution in [-0.4, -0.2) is 18.4 Å². The van der Waals surface area contributed by atoms with Crippen molar-refractivity contribution in [3.05, 3.63) is 107 Å². The smallest absolute Gasteiger partial charge is 0.356 e. The summed E-state index contributed by atoms with van der Waals surface area (Å²) < 4.78 is 38.0. The lowest BCUT2D eigenvalue weighted by molar-refractivity contribution is -0.137. The van der Waals surface area contributed by atoms with Crippen LogP contribution in [0.5, 0.6) is 0 Å². The van der Waals surface area contributed by atoms with E-state index in [2.05, 4.69) is 10.6 Å². The minimum atomic E-state index is -4.37. The highest BCUT2D eigenvalue weighted by Gasteiger charge is 2.29. The van der Waals surface area contributed by atoms with Crippen LogP contribution in [0.3, 0.4) is 0 Å². The van der Waals surface area contributed by atoms with Crippen molar-refractivity contribution in [2.75, 3.05) is 6.54 Å². The van der Waals surface area contributed by atoms with Gasteiger partial charge >= 0.3 is 6.18 Å². The number of amides is 2. The second-order valence-electron chi connectivity index (χ2n) is 7.30. The highest BCUT2D eigenvalue weighted by atomic mass is 19.4. The standard InChI is InChI=1S/C25H23F3N2O2/c26-25(27,28)21-13-11-18(12-14-21)15-16-29-23(31)17-22(19-7-3-1-4-8-19)30-24(32)20-9-5-2-6-10-20/h1-14,22H,15-17H2,(H,29,31)(H,30,32)/t22-/m1/s1. The van der Waals surface area contributed by atoms with Gasteiger partial charge < -0.3 is 10.6 Å². The van der Waals surface area contributed by atoms with Crippen LogP contribution >= 0.6 is 0 Å². The van der Waals surface area contributed by atoms with Gasteiger partial charge in [0.15, 0.2) is 0 Å². The molecule has 0 saturated carbocycles. The van der Waals surface area contributed by atoms with Crippen molar-refractivity contribution in [1.29, 1.82) is 0 Å². The van der Waals surface area contributed by atoms with Crippen LogP contribution < -0.4 is 10.6 Å². The first-order valence-electron chi connectivity index (χ1n) is 10.2. The highest BCUT2D eigenvalue weighted by Crippen LogP contribution is 2.29. The number of halogens is 3. The third-order valence-electron chi connectivity index (χ3n) is 4.95. The topological polar surface area (TPSA) is 58.2 Å². The van der Waals surface area contributed by atoms with E-state index in [1.165, 1.54) is 12.1 Å². The van der Waals surface area contributed by atoms with E-state index in [9.17, 15) is 22.8 Å². The van der Waals surface area contributed by atoms with Crippen molar-refractivity contribution in [2.24, 2.45) is 0 Å². The lowest BCUT2D eigenvalue weighted by Gasteiger charge is -2.19. The van der Waals surface area contributed by atoms with Gasteiger partial charge in [0.1, 0.15) is 0 Å². The van der Waals surface area contributed by atoms with Crippen molar-refractivity contribution >= 4 is 11.8 Å². The summed E-state index contributed by atoms with van der Waals surface area (Å²) in [6.07, 6.45) is -3.94. The minimum absolute atomic E-state index is 0.0373. The molecule has 3 aromatic carbocycles. The lowest BCUT2D eigenvalue weighted by Crippen LogP contribution is -2.34. The van der Waals surface area contributed by atoms with Crippen LogP contribution in [0.4, 0.5) is 13.2 Å². The van der Waals surface area contributed by atoms with Gasteiger partial charge in [-0.25, -0.2) is 0 Å².